The molecule has 1 N–H and O–H groups in total. The van der Waals surface area contributed by atoms with Crippen LogP contribution in [0.1, 0.15) is 0 Å². The third kappa shape index (κ3) is 5.07. The maximum atomic E-state index is 12.6. The fourth-order valence-electron chi connectivity index (χ4n) is 3.04. The molecular weight excluding hydrogens is 476 g/mol. The molecule has 2 heterocycles. The fraction of sp³-hybridized carbons (Fsp3) is 0.263. The molecule has 1 aliphatic heterocycles. The van der Waals surface area contributed by atoms with Gasteiger partial charge >= 0.3 is 0 Å². The van der Waals surface area contributed by atoms with E-state index < -0.39 is 14.9 Å². The first-order valence-corrected chi connectivity index (χ1v) is 12.7. The zero-order valence-corrected chi connectivity index (χ0v) is 19.0. The summed E-state index contributed by atoms with van der Waals surface area (Å²) in [5.41, 5.74) is 1.12. The number of benzene rings is 2. The summed E-state index contributed by atoms with van der Waals surface area (Å²) in [4.78, 5) is 27.3. The minimum Gasteiger partial charge on any atom is -0.379 e. The first kappa shape index (κ1) is 22.6. The molecule has 0 bridgehead atoms. The molecular formula is C19H18N4O6S3. The van der Waals surface area contributed by atoms with E-state index >= 15 is 0 Å². The van der Waals surface area contributed by atoms with Crippen molar-refractivity contribution in [2.75, 3.05) is 37.4 Å². The average molecular weight is 495 g/mol. The monoisotopic (exact) mass is 494 g/mol. The van der Waals surface area contributed by atoms with Crippen molar-refractivity contribution < 1.29 is 22.9 Å². The van der Waals surface area contributed by atoms with Gasteiger partial charge in [0.2, 0.25) is 15.9 Å². The molecule has 10 nitrogen and oxygen atoms in total. The maximum absolute atomic E-state index is 12.6. The fourth-order valence-corrected chi connectivity index (χ4v) is 6.35. The topological polar surface area (TPSA) is 132 Å². The summed E-state index contributed by atoms with van der Waals surface area (Å²) in [6.45, 7) is 1.38. The number of non-ortho nitro benzene ring substituents is 1. The van der Waals surface area contributed by atoms with Crippen molar-refractivity contribution in [2.24, 2.45) is 0 Å². The Bertz CT molecular complexity index is 1250. The van der Waals surface area contributed by atoms with E-state index in [1.165, 1.54) is 51.7 Å². The highest BCUT2D eigenvalue weighted by molar-refractivity contribution is 8.01. The van der Waals surface area contributed by atoms with Crippen LogP contribution in [0.2, 0.25) is 0 Å². The number of morpholine rings is 1. The number of thiazole rings is 1. The third-order valence-corrected chi connectivity index (χ3v) is 8.71. The molecule has 0 radical (unpaired) electrons. The highest BCUT2D eigenvalue weighted by Crippen LogP contribution is 2.31. The molecule has 0 aliphatic carbocycles. The number of nitro benzene ring substituents is 1. The van der Waals surface area contributed by atoms with Gasteiger partial charge in [-0.05, 0) is 30.3 Å². The number of carbonyl (C=O) groups excluding carboxylic acids is 1. The second kappa shape index (κ2) is 9.50. The lowest BCUT2D eigenvalue weighted by Gasteiger charge is -2.26. The summed E-state index contributed by atoms with van der Waals surface area (Å²) in [6, 6.07) is 10.5. The van der Waals surface area contributed by atoms with Gasteiger partial charge < -0.3 is 10.1 Å². The molecule has 0 saturated carbocycles. The van der Waals surface area contributed by atoms with E-state index in [0.29, 0.717) is 46.5 Å². The number of nitrogens with one attached hydrogen (secondary N) is 1. The Morgan fingerprint density at radius 1 is 1.22 bits per heavy atom. The zero-order chi connectivity index (χ0) is 22.7. The van der Waals surface area contributed by atoms with E-state index in [-0.39, 0.29) is 22.2 Å². The zero-order valence-electron chi connectivity index (χ0n) is 16.6. The van der Waals surface area contributed by atoms with Gasteiger partial charge in [0.25, 0.3) is 5.69 Å². The molecule has 0 spiro atoms. The molecule has 1 fully saturated rings. The minimum atomic E-state index is -3.59. The number of ether oxygens (including phenoxy) is 1. The number of sulfonamides is 1. The highest BCUT2D eigenvalue weighted by Gasteiger charge is 2.26. The van der Waals surface area contributed by atoms with Gasteiger partial charge in [-0.1, -0.05) is 11.8 Å². The molecule has 13 heteroatoms. The predicted octanol–water partition coefficient (Wildman–Crippen LogP) is 2.96. The molecule has 1 aliphatic rings. The molecule has 168 valence electrons. The van der Waals surface area contributed by atoms with Crippen molar-refractivity contribution in [3.05, 3.63) is 52.6 Å². The minimum absolute atomic E-state index is 0.00507. The number of aromatic nitrogens is 1. The number of thioether (sulfide) groups is 1. The van der Waals surface area contributed by atoms with E-state index in [1.54, 1.807) is 18.2 Å². The number of carbonyl (C=O) groups is 1. The summed E-state index contributed by atoms with van der Waals surface area (Å²) in [5.74, 6) is -0.181. The molecule has 1 amide bonds. The Hall–Kier alpha value is -2.58. The number of rotatable bonds is 7. The number of fused-ring (bicyclic) bond motifs is 1. The van der Waals surface area contributed by atoms with Crippen LogP contribution in [-0.4, -0.2) is 60.6 Å². The van der Waals surface area contributed by atoms with E-state index in [0.717, 1.165) is 0 Å². The van der Waals surface area contributed by atoms with Crippen LogP contribution in [-0.2, 0) is 19.6 Å². The normalized spacial score (nSPS) is 15.0. The van der Waals surface area contributed by atoms with E-state index in [2.05, 4.69) is 10.3 Å². The van der Waals surface area contributed by atoms with Crippen LogP contribution < -0.4 is 5.32 Å². The first-order valence-electron chi connectivity index (χ1n) is 9.48. The lowest BCUT2D eigenvalue weighted by atomic mass is 10.3. The summed E-state index contributed by atoms with van der Waals surface area (Å²) >= 11 is 2.51. The van der Waals surface area contributed by atoms with E-state index in [9.17, 15) is 23.3 Å². The van der Waals surface area contributed by atoms with Gasteiger partial charge in [-0.3, -0.25) is 14.9 Å². The third-order valence-electron chi connectivity index (χ3n) is 4.64. The average Bonchev–Trinajstić information content (AvgIpc) is 3.21. The molecule has 2 aromatic carbocycles. The number of hydrogen-bond donors (Lipinski definition) is 1. The smallest absolute Gasteiger partial charge is 0.270 e. The summed E-state index contributed by atoms with van der Waals surface area (Å²) in [5, 5.41) is 13.6. The van der Waals surface area contributed by atoms with Gasteiger partial charge in [-0.25, -0.2) is 13.4 Å². The number of anilines is 1. The molecule has 1 aromatic heterocycles. The Kier molecular flexibility index (Phi) is 6.71. The number of nitrogens with zero attached hydrogens (tertiary/aromatic N) is 3. The molecule has 0 unspecified atom stereocenters. The second-order valence-electron chi connectivity index (χ2n) is 6.77. The number of hydrogen-bond acceptors (Lipinski definition) is 9. The number of nitro groups is 1. The van der Waals surface area contributed by atoms with Crippen molar-refractivity contribution in [3.8, 4) is 0 Å². The van der Waals surface area contributed by atoms with Crippen molar-refractivity contribution in [2.45, 2.75) is 9.24 Å². The lowest BCUT2D eigenvalue weighted by Crippen LogP contribution is -2.40. The van der Waals surface area contributed by atoms with Crippen LogP contribution in [0.5, 0.6) is 0 Å². The summed E-state index contributed by atoms with van der Waals surface area (Å²) in [6.07, 6.45) is 0. The van der Waals surface area contributed by atoms with Crippen LogP contribution in [0.4, 0.5) is 11.4 Å². The molecule has 4 rings (SSSR count). The van der Waals surface area contributed by atoms with Gasteiger partial charge in [-0.2, -0.15) is 4.31 Å². The van der Waals surface area contributed by atoms with Crippen LogP contribution in [0, 0.1) is 10.1 Å². The Morgan fingerprint density at radius 2 is 1.94 bits per heavy atom. The first-order chi connectivity index (χ1) is 15.3. The lowest BCUT2D eigenvalue weighted by molar-refractivity contribution is -0.384. The van der Waals surface area contributed by atoms with Crippen LogP contribution in [0.3, 0.4) is 0 Å². The van der Waals surface area contributed by atoms with Crippen LogP contribution in [0.15, 0.2) is 51.7 Å². The Balaban J connectivity index is 1.35. The quantitative estimate of drug-likeness (QED) is 0.301. The largest absolute Gasteiger partial charge is 0.379 e. The van der Waals surface area contributed by atoms with Crippen LogP contribution in [0.25, 0.3) is 10.2 Å². The van der Waals surface area contributed by atoms with Crippen molar-refractivity contribution in [1.29, 1.82) is 0 Å². The van der Waals surface area contributed by atoms with Crippen molar-refractivity contribution in [3.63, 3.8) is 0 Å². The van der Waals surface area contributed by atoms with E-state index in [1.807, 2.05) is 0 Å². The Morgan fingerprint density at radius 3 is 2.62 bits per heavy atom. The van der Waals surface area contributed by atoms with E-state index in [4.69, 9.17) is 4.74 Å². The summed E-state index contributed by atoms with van der Waals surface area (Å²) < 4.78 is 33.2. The van der Waals surface area contributed by atoms with Crippen LogP contribution >= 0.6 is 23.1 Å². The van der Waals surface area contributed by atoms with Gasteiger partial charge in [-0.15, -0.1) is 11.3 Å². The van der Waals surface area contributed by atoms with Gasteiger partial charge in [0, 0.05) is 30.9 Å². The molecule has 32 heavy (non-hydrogen) atoms. The molecule has 1 saturated heterocycles. The van der Waals surface area contributed by atoms with Crippen molar-refractivity contribution >= 4 is 60.6 Å². The SMILES string of the molecule is O=C(CSc1nc2ccc([N+](=O)[O-])cc2s1)Nc1ccc(S(=O)(=O)N2CCOCC2)cc1. The molecule has 0 atom stereocenters. The molecule has 3 aromatic rings. The van der Waals surface area contributed by atoms with Crippen molar-refractivity contribution in [1.82, 2.24) is 9.29 Å². The summed E-state index contributed by atoms with van der Waals surface area (Å²) in [7, 11) is -3.59. The number of amides is 1. The highest BCUT2D eigenvalue weighted by atomic mass is 32.2. The Labute approximate surface area is 191 Å². The van der Waals surface area contributed by atoms with Gasteiger partial charge in [0.15, 0.2) is 4.34 Å². The standard InChI is InChI=1S/C19H18N4O6S3/c24-18(12-30-19-21-16-6-3-14(23(25)26)11-17(16)31-19)20-13-1-4-15(5-2-13)32(27,28)22-7-9-29-10-8-22/h1-6,11H,7-10,12H2,(H,20,24). The second-order valence-corrected chi connectivity index (χ2v) is 11.0. The van der Waals surface area contributed by atoms with Gasteiger partial charge in [0.05, 0.1) is 39.0 Å². The predicted molar refractivity (Wildman–Crippen MR) is 122 cm³/mol. The maximum Gasteiger partial charge on any atom is 0.270 e. The van der Waals surface area contributed by atoms with Gasteiger partial charge in [0.1, 0.15) is 0 Å².